The van der Waals surface area contributed by atoms with E-state index >= 15 is 0 Å². The molecule has 3 heterocycles. The van der Waals surface area contributed by atoms with Gasteiger partial charge in [-0.2, -0.15) is 0 Å². The van der Waals surface area contributed by atoms with Crippen LogP contribution in [0.5, 0.6) is 0 Å². The number of aromatic nitrogens is 2. The number of benzene rings is 3. The van der Waals surface area contributed by atoms with Crippen molar-refractivity contribution in [2.24, 2.45) is 0 Å². The Bertz CT molecular complexity index is 2040. The van der Waals surface area contributed by atoms with Crippen molar-refractivity contribution in [3.63, 3.8) is 0 Å². The molecule has 0 atom stereocenters. The Morgan fingerprint density at radius 1 is 0.582 bits per heavy atom. The zero-order valence-electron chi connectivity index (χ0n) is 34.1. The molecule has 11 heteroatoms. The molecule has 2 aromatic heterocycles. The molecule has 0 bridgehead atoms. The summed E-state index contributed by atoms with van der Waals surface area (Å²) in [4.78, 5) is 23.2. The molecule has 8 nitrogen and oxygen atoms in total. The first-order valence-electron chi connectivity index (χ1n) is 18.2. The summed E-state index contributed by atoms with van der Waals surface area (Å²) >= 11 is 17.9. The van der Waals surface area contributed by atoms with E-state index in [4.69, 9.17) is 33.2 Å². The van der Waals surface area contributed by atoms with Crippen molar-refractivity contribution in [2.75, 3.05) is 92.3 Å². The van der Waals surface area contributed by atoms with Crippen LogP contribution in [0, 0.1) is 27.7 Å². The molecule has 0 spiro atoms. The van der Waals surface area contributed by atoms with Gasteiger partial charge in [-0.15, -0.1) is 0 Å². The van der Waals surface area contributed by atoms with Crippen molar-refractivity contribution in [3.8, 4) is 0 Å². The molecule has 0 aliphatic carbocycles. The maximum absolute atomic E-state index is 7.69. The fourth-order valence-corrected chi connectivity index (χ4v) is 8.38. The van der Waals surface area contributed by atoms with E-state index in [1.807, 2.05) is 75.5 Å². The van der Waals surface area contributed by atoms with Gasteiger partial charge in [0.25, 0.3) is 0 Å². The molecule has 0 unspecified atom stereocenters. The van der Waals surface area contributed by atoms with E-state index in [1.165, 1.54) is 5.56 Å². The summed E-state index contributed by atoms with van der Waals surface area (Å²) in [5, 5.41) is 0. The van der Waals surface area contributed by atoms with Gasteiger partial charge < -0.3 is 29.4 Å². The van der Waals surface area contributed by atoms with Crippen LogP contribution < -0.4 is 29.4 Å². The predicted octanol–water partition coefficient (Wildman–Crippen LogP) is 8.72. The van der Waals surface area contributed by atoms with Gasteiger partial charge in [0.2, 0.25) is 10.1 Å². The van der Waals surface area contributed by atoms with Gasteiger partial charge in [-0.05, 0) is 98.5 Å². The molecule has 3 aromatic carbocycles. The number of rotatable bonds is 9. The third-order valence-electron chi connectivity index (χ3n) is 10.0. The molecule has 0 N–H and O–H groups in total. The number of nitrogens with zero attached hydrogens (tertiary/aromatic N) is 8. The Morgan fingerprint density at radius 2 is 0.982 bits per heavy atom. The van der Waals surface area contributed by atoms with Crippen LogP contribution in [0.25, 0.3) is 0 Å². The van der Waals surface area contributed by atoms with Gasteiger partial charge in [-0.3, -0.25) is 9.97 Å². The molecular weight excluding hydrogens is 813 g/mol. The average molecular weight is 867 g/mol. The first-order chi connectivity index (χ1) is 25.9. The van der Waals surface area contributed by atoms with Crippen LogP contribution in [0.15, 0.2) is 91.3 Å². The van der Waals surface area contributed by atoms with Crippen LogP contribution in [0.2, 0.25) is 0 Å². The van der Waals surface area contributed by atoms with Crippen molar-refractivity contribution in [1.29, 1.82) is 0 Å². The predicted molar refractivity (Wildman–Crippen MR) is 234 cm³/mol. The second-order valence-electron chi connectivity index (χ2n) is 15.0. The number of halogens is 2. The van der Waals surface area contributed by atoms with E-state index in [0.717, 1.165) is 67.8 Å². The second kappa shape index (κ2) is 16.9. The second-order valence-corrected chi connectivity index (χ2v) is 17.0. The Labute approximate surface area is 348 Å². The van der Waals surface area contributed by atoms with E-state index in [-0.39, 0.29) is 6.54 Å². The van der Waals surface area contributed by atoms with Crippen LogP contribution in [0.4, 0.5) is 34.1 Å². The van der Waals surface area contributed by atoms with Gasteiger partial charge in [0.05, 0.1) is 17.9 Å². The molecule has 6 rings (SSSR count). The van der Waals surface area contributed by atoms with Gasteiger partial charge in [-0.1, -0.05) is 23.2 Å². The molecule has 292 valence electrons. The van der Waals surface area contributed by atoms with Gasteiger partial charge >= 0.3 is 58.4 Å². The molecule has 1 aliphatic heterocycles. The van der Waals surface area contributed by atoms with Crippen LogP contribution in [-0.4, -0.2) is 82.0 Å². The third-order valence-corrected chi connectivity index (χ3v) is 11.2. The van der Waals surface area contributed by atoms with Gasteiger partial charge in [0.15, 0.2) is 0 Å². The minimum atomic E-state index is -1.39. The Kier molecular flexibility index (Phi) is 12.9. The standard InChI is InChI=1S/C37H48Cl2N8.C7H6.Ru/c1-24-17-30(44(9)10)18-25(2)34(24)46-23-36(38,39)47(35-26(3)19-31(45(11)12)20-27(35)4)37(46,32-21-28(42(5)6)13-15-40-32)33-22-29(43(7)8)14-16-41-33;1-7-5-3-2-4-6-7;/h13-22H,23H2,1-12H3;1-6H;. The van der Waals surface area contributed by atoms with E-state index in [2.05, 4.69) is 152 Å². The number of hydrogen-bond acceptors (Lipinski definition) is 8. The zero-order chi connectivity index (χ0) is 40.4. The van der Waals surface area contributed by atoms with Crippen molar-refractivity contribution < 1.29 is 17.9 Å². The molecule has 1 fully saturated rings. The Balaban J connectivity index is 0.000000644. The first kappa shape index (κ1) is 42.0. The molecule has 1 aliphatic rings. The number of hydrogen-bond donors (Lipinski definition) is 0. The summed E-state index contributed by atoms with van der Waals surface area (Å²) in [6.45, 7) is 8.85. The molecule has 0 radical (unpaired) electrons. The van der Waals surface area contributed by atoms with Gasteiger partial charge in [-0.25, -0.2) is 0 Å². The van der Waals surface area contributed by atoms with E-state index < -0.39 is 10.1 Å². The van der Waals surface area contributed by atoms with E-state index in [9.17, 15) is 0 Å². The number of pyridine rings is 2. The van der Waals surface area contributed by atoms with Gasteiger partial charge in [0, 0.05) is 103 Å². The summed E-state index contributed by atoms with van der Waals surface area (Å²) in [6.07, 6.45) is 3.73. The molecule has 1 saturated heterocycles. The summed E-state index contributed by atoms with van der Waals surface area (Å²) in [5.41, 5.74) is 12.2. The van der Waals surface area contributed by atoms with Crippen LogP contribution in [-0.2, 0) is 23.5 Å². The molecule has 0 amide bonds. The zero-order valence-corrected chi connectivity index (χ0v) is 37.4. The molecular formula is C44H54Cl2N8Ru. The Hall–Kier alpha value is -4.17. The van der Waals surface area contributed by atoms with Crippen LogP contribution >= 0.6 is 23.2 Å². The first-order valence-corrected chi connectivity index (χ1v) is 20.0. The van der Waals surface area contributed by atoms with Crippen molar-refractivity contribution in [1.82, 2.24) is 9.97 Å². The van der Waals surface area contributed by atoms with Crippen molar-refractivity contribution in [2.45, 2.75) is 37.8 Å². The summed E-state index contributed by atoms with van der Waals surface area (Å²) < 4.78 is 0.624. The summed E-state index contributed by atoms with van der Waals surface area (Å²) in [5.74, 6) is 0. The number of anilines is 6. The molecule has 5 aromatic rings. The fraction of sp³-hybridized carbons (Fsp3) is 0.341. The third kappa shape index (κ3) is 8.35. The minimum absolute atomic E-state index is 0.287. The summed E-state index contributed by atoms with van der Waals surface area (Å²) in [6, 6.07) is 27.3. The van der Waals surface area contributed by atoms with E-state index in [1.54, 1.807) is 0 Å². The van der Waals surface area contributed by atoms with Crippen LogP contribution in [0.1, 0.15) is 39.2 Å². The number of alkyl halides is 2. The Morgan fingerprint density at radius 3 is 1.35 bits per heavy atom. The molecule has 55 heavy (non-hydrogen) atoms. The van der Waals surface area contributed by atoms with Crippen molar-refractivity contribution in [3.05, 3.63) is 130 Å². The fourth-order valence-electron chi connectivity index (χ4n) is 7.39. The van der Waals surface area contributed by atoms with Gasteiger partial charge in [0.1, 0.15) is 0 Å². The van der Waals surface area contributed by atoms with E-state index in [0.29, 0.717) is 0 Å². The van der Waals surface area contributed by atoms with Crippen molar-refractivity contribution >= 4 is 61.9 Å². The summed E-state index contributed by atoms with van der Waals surface area (Å²) in [7, 11) is 16.4. The normalized spacial score (nSPS) is 14.2. The maximum atomic E-state index is 7.69. The quantitative estimate of drug-likeness (QED) is 0.0830. The molecule has 0 saturated carbocycles. The van der Waals surface area contributed by atoms with Crippen LogP contribution in [0.3, 0.4) is 0 Å². The topological polar surface area (TPSA) is 45.2 Å². The monoisotopic (exact) mass is 866 g/mol. The average Bonchev–Trinajstić information content (AvgIpc) is 3.38. The number of aryl methyl sites for hydroxylation is 4. The SMILES string of the molecule is Cc1cc(N(C)C)cc(C)c1N1CC(Cl)(Cl)N(c2c(C)cc(N(C)C)cc2C)C1(c1cc(N(C)C)ccn1)c1cc(N(C)C)ccn1.[Ru]=[CH]c1ccccc1.